The largest absolute Gasteiger partial charge is 0.368 e. The van der Waals surface area contributed by atoms with Gasteiger partial charge in [-0.1, -0.05) is 110 Å². The standard InChI is InChI=1S/C28H30N2O2/c29-26(31)25(21-13-5-1-6-14-21)30-27(32)28(22-15-7-2-8-16-22,23-17-9-3-10-18-23)24-19-11-4-12-20-24/h2-4,7-12,15-21,25H,1,5-6,13-14H2,(H2,29,31)(H,30,32)/t25-/m0/s1. The number of nitrogens with two attached hydrogens (primary N) is 1. The summed E-state index contributed by atoms with van der Waals surface area (Å²) in [5, 5.41) is 3.11. The molecule has 164 valence electrons. The second-order valence-electron chi connectivity index (χ2n) is 8.60. The fraction of sp³-hybridized carbons (Fsp3) is 0.286. The Balaban J connectivity index is 1.87. The van der Waals surface area contributed by atoms with Gasteiger partial charge in [0.15, 0.2) is 0 Å². The third kappa shape index (κ3) is 4.18. The van der Waals surface area contributed by atoms with Crippen LogP contribution in [0.1, 0.15) is 48.8 Å². The highest BCUT2D eigenvalue weighted by Crippen LogP contribution is 2.40. The highest BCUT2D eigenvalue weighted by Gasteiger charge is 2.45. The fourth-order valence-corrected chi connectivity index (χ4v) is 5.10. The first-order valence-corrected chi connectivity index (χ1v) is 11.4. The molecule has 0 unspecified atom stereocenters. The van der Waals surface area contributed by atoms with Crippen LogP contribution in [0.5, 0.6) is 0 Å². The van der Waals surface area contributed by atoms with Crippen molar-refractivity contribution in [3.8, 4) is 0 Å². The first-order valence-electron chi connectivity index (χ1n) is 11.4. The zero-order valence-corrected chi connectivity index (χ0v) is 18.2. The molecule has 1 atom stereocenters. The molecule has 0 saturated heterocycles. The van der Waals surface area contributed by atoms with Crippen molar-refractivity contribution in [3.63, 3.8) is 0 Å². The van der Waals surface area contributed by atoms with E-state index in [9.17, 15) is 9.59 Å². The zero-order chi connectivity index (χ0) is 22.4. The number of rotatable bonds is 7. The van der Waals surface area contributed by atoms with Crippen LogP contribution in [0.25, 0.3) is 0 Å². The first kappa shape index (κ1) is 21.8. The van der Waals surface area contributed by atoms with Crippen LogP contribution in [0.15, 0.2) is 91.0 Å². The molecule has 1 aliphatic rings. The predicted molar refractivity (Wildman–Crippen MR) is 127 cm³/mol. The van der Waals surface area contributed by atoms with Crippen LogP contribution >= 0.6 is 0 Å². The van der Waals surface area contributed by atoms with Crippen LogP contribution in [0.2, 0.25) is 0 Å². The summed E-state index contributed by atoms with van der Waals surface area (Å²) in [6.07, 6.45) is 5.10. The minimum absolute atomic E-state index is 0.0743. The molecule has 4 heteroatoms. The molecule has 0 spiro atoms. The Hall–Kier alpha value is -3.40. The van der Waals surface area contributed by atoms with E-state index in [1.165, 1.54) is 0 Å². The lowest BCUT2D eigenvalue weighted by atomic mass is 9.68. The van der Waals surface area contributed by atoms with Crippen LogP contribution in [0.3, 0.4) is 0 Å². The van der Waals surface area contributed by atoms with Gasteiger partial charge in [-0.05, 0) is 35.4 Å². The van der Waals surface area contributed by atoms with E-state index in [-0.39, 0.29) is 11.8 Å². The molecule has 4 nitrogen and oxygen atoms in total. The molecule has 1 fully saturated rings. The topological polar surface area (TPSA) is 72.2 Å². The van der Waals surface area contributed by atoms with Crippen LogP contribution in [-0.2, 0) is 15.0 Å². The molecule has 3 aromatic carbocycles. The lowest BCUT2D eigenvalue weighted by Gasteiger charge is -2.37. The summed E-state index contributed by atoms with van der Waals surface area (Å²) >= 11 is 0. The minimum Gasteiger partial charge on any atom is -0.368 e. The van der Waals surface area contributed by atoms with Crippen molar-refractivity contribution in [3.05, 3.63) is 108 Å². The van der Waals surface area contributed by atoms with Crippen LogP contribution in [0, 0.1) is 5.92 Å². The van der Waals surface area contributed by atoms with Gasteiger partial charge in [-0.3, -0.25) is 9.59 Å². The molecule has 32 heavy (non-hydrogen) atoms. The quantitative estimate of drug-likeness (QED) is 0.543. The Morgan fingerprint density at radius 2 is 1.12 bits per heavy atom. The Kier molecular flexibility index (Phi) is 6.69. The van der Waals surface area contributed by atoms with Crippen molar-refractivity contribution in [1.82, 2.24) is 5.32 Å². The van der Waals surface area contributed by atoms with Crippen molar-refractivity contribution in [2.75, 3.05) is 0 Å². The molecule has 0 bridgehead atoms. The lowest BCUT2D eigenvalue weighted by Crippen LogP contribution is -2.56. The molecular weight excluding hydrogens is 396 g/mol. The Labute approximate surface area is 189 Å². The first-order chi connectivity index (χ1) is 15.6. The number of carbonyl (C=O) groups is 2. The molecule has 0 aromatic heterocycles. The molecule has 3 aromatic rings. The van der Waals surface area contributed by atoms with Crippen LogP contribution in [0.4, 0.5) is 0 Å². The average Bonchev–Trinajstić information content (AvgIpc) is 2.85. The number of carbonyl (C=O) groups excluding carboxylic acids is 2. The summed E-state index contributed by atoms with van der Waals surface area (Å²) in [7, 11) is 0. The summed E-state index contributed by atoms with van der Waals surface area (Å²) in [6.45, 7) is 0. The molecule has 2 amide bonds. The Bertz CT molecular complexity index is 932. The van der Waals surface area contributed by atoms with Crippen molar-refractivity contribution in [2.45, 2.75) is 43.6 Å². The lowest BCUT2D eigenvalue weighted by molar-refractivity contribution is -0.130. The van der Waals surface area contributed by atoms with Gasteiger partial charge in [-0.15, -0.1) is 0 Å². The number of hydrogen-bond donors (Lipinski definition) is 2. The molecule has 1 saturated carbocycles. The molecule has 4 rings (SSSR count). The normalized spacial score (nSPS) is 15.6. The van der Waals surface area contributed by atoms with Gasteiger partial charge in [0.2, 0.25) is 11.8 Å². The highest BCUT2D eigenvalue weighted by molar-refractivity contribution is 5.98. The minimum atomic E-state index is -1.11. The van der Waals surface area contributed by atoms with E-state index in [1.807, 2.05) is 91.0 Å². The predicted octanol–water partition coefficient (Wildman–Crippen LogP) is 4.57. The molecule has 0 heterocycles. The van der Waals surface area contributed by atoms with Crippen molar-refractivity contribution >= 4 is 11.8 Å². The fourth-order valence-electron chi connectivity index (χ4n) is 5.10. The van der Waals surface area contributed by atoms with Gasteiger partial charge in [-0.25, -0.2) is 0 Å². The summed E-state index contributed by atoms with van der Waals surface area (Å²) < 4.78 is 0. The highest BCUT2D eigenvalue weighted by atomic mass is 16.2. The SMILES string of the molecule is NC(=O)[C@@H](NC(=O)C(c1ccccc1)(c1ccccc1)c1ccccc1)C1CCCCC1. The van der Waals surface area contributed by atoms with Crippen LogP contribution in [-0.4, -0.2) is 17.9 Å². The summed E-state index contributed by atoms with van der Waals surface area (Å²) in [5.74, 6) is -0.617. The smallest absolute Gasteiger partial charge is 0.240 e. The van der Waals surface area contributed by atoms with E-state index in [0.29, 0.717) is 0 Å². The number of primary amides is 1. The Morgan fingerprint density at radius 1 is 0.719 bits per heavy atom. The maximum absolute atomic E-state index is 14.3. The van der Waals surface area contributed by atoms with Gasteiger partial charge in [0.1, 0.15) is 11.5 Å². The molecule has 1 aliphatic carbocycles. The molecule has 0 aliphatic heterocycles. The maximum atomic E-state index is 14.3. The van der Waals surface area contributed by atoms with Gasteiger partial charge in [-0.2, -0.15) is 0 Å². The van der Waals surface area contributed by atoms with E-state index in [0.717, 1.165) is 48.8 Å². The van der Waals surface area contributed by atoms with E-state index in [4.69, 9.17) is 5.73 Å². The number of hydrogen-bond acceptors (Lipinski definition) is 2. The number of amides is 2. The van der Waals surface area contributed by atoms with Gasteiger partial charge < -0.3 is 11.1 Å². The molecular formula is C28H30N2O2. The summed E-state index contributed by atoms with van der Waals surface area (Å²) in [4.78, 5) is 26.8. The Morgan fingerprint density at radius 3 is 1.50 bits per heavy atom. The number of nitrogens with one attached hydrogen (secondary N) is 1. The third-order valence-electron chi connectivity index (χ3n) is 6.68. The van der Waals surface area contributed by atoms with E-state index >= 15 is 0 Å². The van der Waals surface area contributed by atoms with E-state index in [1.54, 1.807) is 0 Å². The second kappa shape index (κ2) is 9.82. The zero-order valence-electron chi connectivity index (χ0n) is 18.2. The van der Waals surface area contributed by atoms with Crippen molar-refractivity contribution < 1.29 is 9.59 Å². The summed E-state index contributed by atoms with van der Waals surface area (Å²) in [6, 6.07) is 28.6. The molecule has 3 N–H and O–H groups in total. The van der Waals surface area contributed by atoms with Crippen molar-refractivity contribution in [2.24, 2.45) is 11.7 Å². The van der Waals surface area contributed by atoms with Gasteiger partial charge in [0.05, 0.1) is 0 Å². The van der Waals surface area contributed by atoms with Crippen molar-refractivity contribution in [1.29, 1.82) is 0 Å². The monoisotopic (exact) mass is 426 g/mol. The third-order valence-corrected chi connectivity index (χ3v) is 6.68. The van der Waals surface area contributed by atoms with Gasteiger partial charge in [0, 0.05) is 0 Å². The van der Waals surface area contributed by atoms with Gasteiger partial charge >= 0.3 is 0 Å². The van der Waals surface area contributed by atoms with Crippen LogP contribution < -0.4 is 11.1 Å². The summed E-state index contributed by atoms with van der Waals surface area (Å²) in [5.41, 5.74) is 7.26. The molecule has 0 radical (unpaired) electrons. The van der Waals surface area contributed by atoms with Gasteiger partial charge in [0.25, 0.3) is 0 Å². The average molecular weight is 427 g/mol. The van der Waals surface area contributed by atoms with E-state index < -0.39 is 17.4 Å². The second-order valence-corrected chi connectivity index (χ2v) is 8.60. The van der Waals surface area contributed by atoms with E-state index in [2.05, 4.69) is 5.32 Å². The maximum Gasteiger partial charge on any atom is 0.240 e. The number of benzene rings is 3.